The quantitative estimate of drug-likeness (QED) is 0.204. The van der Waals surface area contributed by atoms with Crippen LogP contribution in [0, 0.1) is 0 Å². The first-order valence-corrected chi connectivity index (χ1v) is 13.0. The molecule has 0 bridgehead atoms. The summed E-state index contributed by atoms with van der Waals surface area (Å²) in [6.45, 7) is 4.44. The molecule has 1 aromatic carbocycles. The van der Waals surface area contributed by atoms with Gasteiger partial charge in [-0.25, -0.2) is 8.42 Å². The molecule has 0 saturated carbocycles. The molecule has 162 valence electrons. The van der Waals surface area contributed by atoms with Crippen LogP contribution in [0.25, 0.3) is 0 Å². The van der Waals surface area contributed by atoms with Gasteiger partial charge in [0.2, 0.25) is 0 Å². The van der Waals surface area contributed by atoms with Crippen LogP contribution in [0.1, 0.15) is 115 Å². The van der Waals surface area contributed by atoms with Gasteiger partial charge >= 0.3 is 51.4 Å². The van der Waals surface area contributed by atoms with E-state index in [-0.39, 0.29) is 56.3 Å². The molecular weight excluding hydrogens is 407 g/mol. The fraction of sp³-hybridized carbons (Fsp3) is 0.750. The van der Waals surface area contributed by atoms with Gasteiger partial charge in [-0.05, 0) is 42.9 Å². The van der Waals surface area contributed by atoms with E-state index in [4.69, 9.17) is 0 Å². The molecule has 0 atom stereocenters. The zero-order valence-electron chi connectivity index (χ0n) is 19.2. The van der Waals surface area contributed by atoms with Crippen molar-refractivity contribution in [2.75, 3.05) is 0 Å². The topological polar surface area (TPSA) is 57.2 Å². The average Bonchev–Trinajstić information content (AvgIpc) is 2.66. The molecule has 0 unspecified atom stereocenters. The van der Waals surface area contributed by atoms with E-state index in [1.165, 1.54) is 76.7 Å². The minimum Gasteiger partial charge on any atom is -0.744 e. The van der Waals surface area contributed by atoms with Crippen LogP contribution in [0.5, 0.6) is 0 Å². The summed E-state index contributed by atoms with van der Waals surface area (Å²) in [5.74, 6) is 0. The summed E-state index contributed by atoms with van der Waals surface area (Å²) < 4.78 is 35.2. The molecule has 0 aliphatic rings. The number of benzene rings is 1. The Balaban J connectivity index is 0.00000784. The van der Waals surface area contributed by atoms with Gasteiger partial charge in [-0.1, -0.05) is 103 Å². The van der Waals surface area contributed by atoms with E-state index in [2.05, 4.69) is 13.8 Å². The van der Waals surface area contributed by atoms with Gasteiger partial charge in [0.1, 0.15) is 10.1 Å². The van der Waals surface area contributed by atoms with Crippen molar-refractivity contribution in [3.63, 3.8) is 0 Å². The Morgan fingerprint density at radius 3 is 1.62 bits per heavy atom. The number of hydrogen-bond acceptors (Lipinski definition) is 3. The molecule has 0 fully saturated rings. The molecule has 1 rings (SSSR count). The van der Waals surface area contributed by atoms with E-state index in [0.29, 0.717) is 6.42 Å². The molecule has 0 aromatic heterocycles. The van der Waals surface area contributed by atoms with Crippen molar-refractivity contribution in [3.05, 3.63) is 29.3 Å². The van der Waals surface area contributed by atoms with E-state index in [0.717, 1.165) is 36.8 Å². The van der Waals surface area contributed by atoms with E-state index < -0.39 is 10.1 Å². The second kappa shape index (κ2) is 18.3. The van der Waals surface area contributed by atoms with Gasteiger partial charge in [0.25, 0.3) is 0 Å². The third-order valence-corrected chi connectivity index (χ3v) is 6.50. The van der Waals surface area contributed by atoms with Gasteiger partial charge in [-0.2, -0.15) is 0 Å². The van der Waals surface area contributed by atoms with Crippen molar-refractivity contribution in [2.24, 2.45) is 0 Å². The molecule has 0 aliphatic heterocycles. The van der Waals surface area contributed by atoms with Gasteiger partial charge in [0, 0.05) is 0 Å². The van der Waals surface area contributed by atoms with Crippen molar-refractivity contribution in [1.29, 1.82) is 0 Å². The second-order valence-electron chi connectivity index (χ2n) is 8.09. The Hall–Kier alpha value is 0.766. The Morgan fingerprint density at radius 1 is 0.690 bits per heavy atom. The minimum absolute atomic E-state index is 0. The fourth-order valence-electron chi connectivity index (χ4n) is 3.89. The van der Waals surface area contributed by atoms with Crippen molar-refractivity contribution in [1.82, 2.24) is 0 Å². The maximum absolute atomic E-state index is 11.7. The summed E-state index contributed by atoms with van der Waals surface area (Å²) in [6, 6.07) is 5.24. The maximum atomic E-state index is 11.7. The molecule has 1 aromatic rings. The molecule has 3 nitrogen and oxygen atoms in total. The van der Waals surface area contributed by atoms with Crippen LogP contribution in [-0.4, -0.2) is 13.0 Å². The van der Waals surface area contributed by atoms with E-state index in [1.54, 1.807) is 6.07 Å². The summed E-state index contributed by atoms with van der Waals surface area (Å²) in [4.78, 5) is 0.0129. The third-order valence-electron chi connectivity index (χ3n) is 5.58. The van der Waals surface area contributed by atoms with Gasteiger partial charge in [-0.15, -0.1) is 0 Å². The van der Waals surface area contributed by atoms with Crippen LogP contribution in [0.15, 0.2) is 23.1 Å². The SMILES string of the molecule is CCCCCCCCCc1cccc(S(=O)(=O)[O-])c1CCCCCCCCC.[K+]. The third kappa shape index (κ3) is 13.7. The number of unbranched alkanes of at least 4 members (excludes halogenated alkanes) is 12. The smallest absolute Gasteiger partial charge is 0.744 e. The normalized spacial score (nSPS) is 11.4. The van der Waals surface area contributed by atoms with Crippen LogP contribution in [-0.2, 0) is 23.0 Å². The number of hydrogen-bond donors (Lipinski definition) is 0. The Bertz CT molecular complexity index is 629. The Labute approximate surface area is 223 Å². The molecule has 0 heterocycles. The van der Waals surface area contributed by atoms with Gasteiger partial charge in [0.05, 0.1) is 4.90 Å². The van der Waals surface area contributed by atoms with E-state index >= 15 is 0 Å². The number of aryl methyl sites for hydroxylation is 1. The summed E-state index contributed by atoms with van der Waals surface area (Å²) in [6.07, 6.45) is 18.6. The van der Waals surface area contributed by atoms with Crippen molar-refractivity contribution < 1.29 is 64.4 Å². The summed E-state index contributed by atoms with van der Waals surface area (Å²) >= 11 is 0. The molecule has 0 spiro atoms. The predicted molar refractivity (Wildman–Crippen MR) is 118 cm³/mol. The van der Waals surface area contributed by atoms with Crippen LogP contribution in [0.2, 0.25) is 0 Å². The zero-order chi connectivity index (χ0) is 20.7. The van der Waals surface area contributed by atoms with E-state index in [1.807, 2.05) is 6.07 Å². The monoisotopic (exact) mass is 448 g/mol. The first-order chi connectivity index (χ1) is 13.5. The molecule has 0 radical (unpaired) electrons. The van der Waals surface area contributed by atoms with Crippen LogP contribution >= 0.6 is 0 Å². The molecule has 0 N–H and O–H groups in total. The van der Waals surface area contributed by atoms with Gasteiger partial charge in [0.15, 0.2) is 0 Å². The Kier molecular flexibility index (Phi) is 18.8. The Morgan fingerprint density at radius 2 is 1.14 bits per heavy atom. The summed E-state index contributed by atoms with van der Waals surface area (Å²) in [7, 11) is -4.41. The maximum Gasteiger partial charge on any atom is 1.00 e. The molecule has 0 saturated heterocycles. The zero-order valence-corrected chi connectivity index (χ0v) is 23.1. The fourth-order valence-corrected chi connectivity index (χ4v) is 4.67. The molecule has 5 heteroatoms. The summed E-state index contributed by atoms with van der Waals surface area (Å²) in [5, 5.41) is 0. The summed E-state index contributed by atoms with van der Waals surface area (Å²) in [5.41, 5.74) is 1.86. The van der Waals surface area contributed by atoms with Crippen LogP contribution < -0.4 is 51.4 Å². The molecular formula is C24H41KO3S. The largest absolute Gasteiger partial charge is 1.00 e. The number of rotatable bonds is 17. The average molecular weight is 449 g/mol. The molecule has 0 aliphatic carbocycles. The first kappa shape index (κ1) is 29.8. The van der Waals surface area contributed by atoms with Gasteiger partial charge in [-0.3, -0.25) is 0 Å². The molecule has 29 heavy (non-hydrogen) atoms. The van der Waals surface area contributed by atoms with Crippen LogP contribution in [0.3, 0.4) is 0 Å². The van der Waals surface area contributed by atoms with Crippen molar-refractivity contribution in [3.8, 4) is 0 Å². The minimum atomic E-state index is -4.41. The standard InChI is InChI=1S/C24H42O3S.K/c1-3-5-7-9-11-13-15-18-22-19-17-21-24(28(25,26)27)23(22)20-16-14-12-10-8-6-4-2;/h17,19,21H,3-16,18,20H2,1-2H3,(H,25,26,27);/q;+1/p-1. The first-order valence-electron chi connectivity index (χ1n) is 11.6. The van der Waals surface area contributed by atoms with Crippen LogP contribution in [0.4, 0.5) is 0 Å². The van der Waals surface area contributed by atoms with Crippen molar-refractivity contribution in [2.45, 2.75) is 121 Å². The van der Waals surface area contributed by atoms with Gasteiger partial charge < -0.3 is 4.55 Å². The van der Waals surface area contributed by atoms with E-state index in [9.17, 15) is 13.0 Å². The van der Waals surface area contributed by atoms with Crippen molar-refractivity contribution >= 4 is 10.1 Å². The second-order valence-corrected chi connectivity index (χ2v) is 9.44. The predicted octanol–water partition coefficient (Wildman–Crippen LogP) is 4.18. The molecule has 0 amide bonds.